The van der Waals surface area contributed by atoms with Crippen LogP contribution in [0.5, 0.6) is 0 Å². The summed E-state index contributed by atoms with van der Waals surface area (Å²) in [5.41, 5.74) is 2.83. The van der Waals surface area contributed by atoms with E-state index in [1.807, 2.05) is 51.1 Å². The molecule has 214 valence electrons. The zero-order chi connectivity index (χ0) is 29.4. The van der Waals surface area contributed by atoms with Gasteiger partial charge < -0.3 is 10.2 Å². The maximum atomic E-state index is 14.1. The van der Waals surface area contributed by atoms with E-state index in [0.29, 0.717) is 17.3 Å². The van der Waals surface area contributed by atoms with E-state index < -0.39 is 28.5 Å². The lowest BCUT2D eigenvalue weighted by atomic mass is 10.0. The zero-order valence-electron chi connectivity index (χ0n) is 23.1. The third-order valence-electron chi connectivity index (χ3n) is 6.33. The van der Waals surface area contributed by atoms with Gasteiger partial charge in [-0.1, -0.05) is 83.8 Å². The molecule has 0 fully saturated rings. The van der Waals surface area contributed by atoms with Crippen LogP contribution in [0, 0.1) is 12.8 Å². The molecule has 0 heterocycles. The van der Waals surface area contributed by atoms with Gasteiger partial charge in [-0.05, 0) is 59.9 Å². The first-order chi connectivity index (χ1) is 18.8. The first kappa shape index (κ1) is 31.6. The molecule has 10 heteroatoms. The molecule has 0 aliphatic heterocycles. The molecule has 2 amide bonds. The maximum Gasteiger partial charge on any atom is 0.244 e. The van der Waals surface area contributed by atoms with Crippen molar-refractivity contribution in [1.29, 1.82) is 0 Å². The summed E-state index contributed by atoms with van der Waals surface area (Å²) in [7, 11) is -3.83. The van der Waals surface area contributed by atoms with E-state index in [0.717, 1.165) is 31.7 Å². The Morgan fingerprint density at radius 3 is 2.20 bits per heavy atom. The van der Waals surface area contributed by atoms with Crippen molar-refractivity contribution in [1.82, 2.24) is 10.2 Å². The van der Waals surface area contributed by atoms with Crippen LogP contribution in [0.1, 0.15) is 30.5 Å². The molecular formula is C30H35BrClN3O4S. The van der Waals surface area contributed by atoms with E-state index in [-0.39, 0.29) is 24.8 Å². The number of sulfonamides is 1. The number of anilines is 1. The fourth-order valence-electron chi connectivity index (χ4n) is 4.16. The summed E-state index contributed by atoms with van der Waals surface area (Å²) in [5.74, 6) is -0.588. The minimum absolute atomic E-state index is 0.0968. The summed E-state index contributed by atoms with van der Waals surface area (Å²) < 4.78 is 27.7. The monoisotopic (exact) mass is 647 g/mol. The molecule has 3 rings (SSSR count). The molecule has 0 radical (unpaired) electrons. The summed E-state index contributed by atoms with van der Waals surface area (Å²) in [4.78, 5) is 29.2. The molecule has 0 saturated carbocycles. The summed E-state index contributed by atoms with van der Waals surface area (Å²) in [6, 6.07) is 20.7. The van der Waals surface area contributed by atoms with Crippen molar-refractivity contribution in [2.24, 2.45) is 5.92 Å². The molecule has 7 nitrogen and oxygen atoms in total. The number of benzene rings is 3. The molecular weight excluding hydrogens is 614 g/mol. The van der Waals surface area contributed by atoms with Gasteiger partial charge in [-0.25, -0.2) is 8.42 Å². The van der Waals surface area contributed by atoms with Gasteiger partial charge in [0.2, 0.25) is 21.8 Å². The largest absolute Gasteiger partial charge is 0.354 e. The molecule has 0 bridgehead atoms. The Morgan fingerprint density at radius 1 is 0.975 bits per heavy atom. The van der Waals surface area contributed by atoms with Crippen molar-refractivity contribution in [3.05, 3.63) is 99.0 Å². The van der Waals surface area contributed by atoms with Crippen LogP contribution in [0.2, 0.25) is 5.02 Å². The van der Waals surface area contributed by atoms with E-state index in [2.05, 4.69) is 21.2 Å². The minimum atomic E-state index is -3.83. The molecule has 0 aromatic heterocycles. The van der Waals surface area contributed by atoms with Crippen LogP contribution >= 0.6 is 27.5 Å². The number of hydrogen-bond donors (Lipinski definition) is 1. The van der Waals surface area contributed by atoms with Crippen molar-refractivity contribution in [3.63, 3.8) is 0 Å². The Hall–Kier alpha value is -2.88. The molecule has 0 aliphatic carbocycles. The number of carbonyl (C=O) groups excluding carboxylic acids is 2. The standard InChI is InChI=1S/C30H35BrClN3O4S/c1-21(2)18-33-30(37)28(17-23-8-6-5-7-9-23)34(19-24-10-12-25(32)13-11-24)29(36)20-35(40(4,38)39)26-14-15-27(31)22(3)16-26/h5-16,21,28H,17-20H2,1-4H3,(H,33,37)/t28-/m0/s1. The van der Waals surface area contributed by atoms with E-state index in [4.69, 9.17) is 11.6 Å². The van der Waals surface area contributed by atoms with Gasteiger partial charge in [-0.2, -0.15) is 0 Å². The van der Waals surface area contributed by atoms with Crippen LogP contribution in [0.4, 0.5) is 5.69 Å². The smallest absolute Gasteiger partial charge is 0.244 e. The summed E-state index contributed by atoms with van der Waals surface area (Å²) in [5, 5.41) is 3.52. The average Bonchev–Trinajstić information content (AvgIpc) is 2.90. The predicted molar refractivity (Wildman–Crippen MR) is 165 cm³/mol. The van der Waals surface area contributed by atoms with Crippen molar-refractivity contribution >= 4 is 55.1 Å². The third kappa shape index (κ3) is 9.08. The van der Waals surface area contributed by atoms with Crippen molar-refractivity contribution in [2.45, 2.75) is 39.8 Å². The highest BCUT2D eigenvalue weighted by Gasteiger charge is 2.33. The Balaban J connectivity index is 2.05. The molecule has 3 aromatic carbocycles. The van der Waals surface area contributed by atoms with Crippen molar-refractivity contribution in [3.8, 4) is 0 Å². The lowest BCUT2D eigenvalue weighted by Crippen LogP contribution is -2.53. The van der Waals surface area contributed by atoms with Gasteiger partial charge >= 0.3 is 0 Å². The van der Waals surface area contributed by atoms with Gasteiger partial charge in [0.1, 0.15) is 12.6 Å². The van der Waals surface area contributed by atoms with Gasteiger partial charge in [0.05, 0.1) is 11.9 Å². The number of aryl methyl sites for hydroxylation is 1. The second kappa shape index (κ2) is 14.1. The highest BCUT2D eigenvalue weighted by molar-refractivity contribution is 9.10. The SMILES string of the molecule is Cc1cc(N(CC(=O)N(Cc2ccc(Cl)cc2)[C@@H](Cc2ccccc2)C(=O)NCC(C)C)S(C)(=O)=O)ccc1Br. The van der Waals surface area contributed by atoms with Gasteiger partial charge in [-0.15, -0.1) is 0 Å². The Bertz CT molecular complexity index is 1420. The van der Waals surface area contributed by atoms with E-state index in [9.17, 15) is 18.0 Å². The number of nitrogens with one attached hydrogen (secondary N) is 1. The molecule has 1 N–H and O–H groups in total. The van der Waals surface area contributed by atoms with Crippen LogP contribution in [0.25, 0.3) is 0 Å². The quantitative estimate of drug-likeness (QED) is 0.278. The molecule has 3 aromatic rings. The molecule has 0 spiro atoms. The van der Waals surface area contributed by atoms with Gasteiger partial charge in [0, 0.05) is 29.0 Å². The number of hydrogen-bond acceptors (Lipinski definition) is 4. The van der Waals surface area contributed by atoms with Gasteiger partial charge in [0.25, 0.3) is 0 Å². The molecule has 0 saturated heterocycles. The van der Waals surface area contributed by atoms with E-state index in [1.165, 1.54) is 4.90 Å². The van der Waals surface area contributed by atoms with Crippen LogP contribution in [0.15, 0.2) is 77.3 Å². The number of carbonyl (C=O) groups is 2. The summed E-state index contributed by atoms with van der Waals surface area (Å²) in [6.07, 6.45) is 1.33. The summed E-state index contributed by atoms with van der Waals surface area (Å²) >= 11 is 9.53. The van der Waals surface area contributed by atoms with E-state index in [1.54, 1.807) is 42.5 Å². The topological polar surface area (TPSA) is 86.8 Å². The Kier molecular flexibility index (Phi) is 11.2. The first-order valence-electron chi connectivity index (χ1n) is 12.9. The fraction of sp³-hybridized carbons (Fsp3) is 0.333. The lowest BCUT2D eigenvalue weighted by molar-refractivity contribution is -0.140. The van der Waals surface area contributed by atoms with Gasteiger partial charge in [-0.3, -0.25) is 13.9 Å². The third-order valence-corrected chi connectivity index (χ3v) is 8.61. The second-order valence-electron chi connectivity index (χ2n) is 10.2. The normalized spacial score (nSPS) is 12.2. The number of halogens is 2. The Labute approximate surface area is 250 Å². The Morgan fingerprint density at radius 2 is 1.62 bits per heavy atom. The van der Waals surface area contributed by atoms with Crippen LogP contribution in [-0.2, 0) is 32.6 Å². The number of rotatable bonds is 12. The molecule has 0 unspecified atom stereocenters. The van der Waals surface area contributed by atoms with Crippen LogP contribution in [-0.4, -0.2) is 50.5 Å². The lowest BCUT2D eigenvalue weighted by Gasteiger charge is -2.33. The predicted octanol–water partition coefficient (Wildman–Crippen LogP) is 5.59. The van der Waals surface area contributed by atoms with E-state index >= 15 is 0 Å². The molecule has 0 aliphatic rings. The summed E-state index contributed by atoms with van der Waals surface area (Å²) in [6.45, 7) is 5.91. The second-order valence-corrected chi connectivity index (χ2v) is 13.4. The van der Waals surface area contributed by atoms with Crippen LogP contribution in [0.3, 0.4) is 0 Å². The van der Waals surface area contributed by atoms with Crippen molar-refractivity contribution < 1.29 is 18.0 Å². The maximum absolute atomic E-state index is 14.1. The fourth-order valence-corrected chi connectivity index (χ4v) is 5.37. The minimum Gasteiger partial charge on any atom is -0.354 e. The number of amides is 2. The molecule has 40 heavy (non-hydrogen) atoms. The van der Waals surface area contributed by atoms with Crippen molar-refractivity contribution in [2.75, 3.05) is 23.7 Å². The van der Waals surface area contributed by atoms with Crippen LogP contribution < -0.4 is 9.62 Å². The number of nitrogens with zero attached hydrogens (tertiary/aromatic N) is 2. The zero-order valence-corrected chi connectivity index (χ0v) is 26.3. The molecule has 1 atom stereocenters. The highest BCUT2D eigenvalue weighted by atomic mass is 79.9. The average molecular weight is 649 g/mol. The van der Waals surface area contributed by atoms with Gasteiger partial charge in [0.15, 0.2) is 0 Å². The first-order valence-corrected chi connectivity index (χ1v) is 16.0. The highest BCUT2D eigenvalue weighted by Crippen LogP contribution is 2.25.